The van der Waals surface area contributed by atoms with E-state index in [2.05, 4.69) is 31.5 Å². The van der Waals surface area contributed by atoms with Crippen LogP contribution in [0.3, 0.4) is 0 Å². The number of rotatable bonds is 5. The lowest BCUT2D eigenvalue weighted by molar-refractivity contribution is -0.137. The van der Waals surface area contributed by atoms with Crippen LogP contribution >= 0.6 is 15.9 Å². The van der Waals surface area contributed by atoms with Crippen LogP contribution in [0.1, 0.15) is 24.1 Å². The van der Waals surface area contributed by atoms with Crippen molar-refractivity contribution in [1.82, 2.24) is 10.3 Å². The number of alkyl halides is 3. The zero-order chi connectivity index (χ0) is 19.8. The summed E-state index contributed by atoms with van der Waals surface area (Å²) in [6, 6.07) is 4.58. The van der Waals surface area contributed by atoms with E-state index in [1.54, 1.807) is 0 Å². The number of nitrogens with zero attached hydrogens (tertiary/aromatic N) is 1. The van der Waals surface area contributed by atoms with Crippen LogP contribution in [0.15, 0.2) is 34.9 Å². The van der Waals surface area contributed by atoms with Gasteiger partial charge in [-0.25, -0.2) is 4.39 Å². The molecule has 1 heterocycles. The molecule has 0 atom stereocenters. The van der Waals surface area contributed by atoms with Crippen LogP contribution in [0.2, 0.25) is 0 Å². The molecule has 27 heavy (non-hydrogen) atoms. The third kappa shape index (κ3) is 4.56. The van der Waals surface area contributed by atoms with Crippen LogP contribution in [0.25, 0.3) is 5.73 Å². The molecule has 144 valence electrons. The number of carbonyl (C=O) groups excluding carboxylic acids is 1. The first-order chi connectivity index (χ1) is 12.6. The molecule has 1 aromatic heterocycles. The fourth-order valence-electron chi connectivity index (χ4n) is 2.37. The van der Waals surface area contributed by atoms with E-state index in [0.29, 0.717) is 12.8 Å². The summed E-state index contributed by atoms with van der Waals surface area (Å²) >= 11 is 2.99. The number of pyridine rings is 1. The molecule has 1 aliphatic rings. The Balaban J connectivity index is 1.74. The lowest BCUT2D eigenvalue weighted by Crippen LogP contribution is -2.33. The SMILES string of the molecule is [NH-]C1(C(=O)NCc2ncc(Nc3ccc(Br)cc3C(F)(F)F)cc2F)CC1. The molecule has 0 radical (unpaired) electrons. The zero-order valence-electron chi connectivity index (χ0n) is 13.8. The van der Waals surface area contributed by atoms with Crippen molar-refractivity contribution in [3.05, 3.63) is 57.7 Å². The molecular formula is C17H14BrF4N4O-. The Kier molecular flexibility index (Phi) is 5.13. The minimum atomic E-state index is -4.59. The van der Waals surface area contributed by atoms with Gasteiger partial charge in [0.05, 0.1) is 35.4 Å². The van der Waals surface area contributed by atoms with Gasteiger partial charge in [0.15, 0.2) is 0 Å². The lowest BCUT2D eigenvalue weighted by atomic mass is 10.1. The van der Waals surface area contributed by atoms with E-state index < -0.39 is 29.0 Å². The number of hydrogen-bond acceptors (Lipinski definition) is 3. The maximum Gasteiger partial charge on any atom is 0.418 e. The van der Waals surface area contributed by atoms with E-state index in [9.17, 15) is 22.4 Å². The molecule has 1 fully saturated rings. The number of halogens is 5. The van der Waals surface area contributed by atoms with Crippen molar-refractivity contribution in [2.45, 2.75) is 31.1 Å². The van der Waals surface area contributed by atoms with Gasteiger partial charge in [0.1, 0.15) is 5.82 Å². The molecule has 1 amide bonds. The number of hydrogen-bond donors (Lipinski definition) is 2. The Morgan fingerprint density at radius 3 is 2.59 bits per heavy atom. The second-order valence-electron chi connectivity index (χ2n) is 6.23. The maximum atomic E-state index is 14.2. The van der Waals surface area contributed by atoms with E-state index >= 15 is 0 Å². The van der Waals surface area contributed by atoms with Crippen LogP contribution in [-0.2, 0) is 17.5 Å². The Morgan fingerprint density at radius 2 is 2.00 bits per heavy atom. The smallest absolute Gasteiger partial charge is 0.418 e. The highest BCUT2D eigenvalue weighted by Gasteiger charge is 2.37. The lowest BCUT2D eigenvalue weighted by Gasteiger charge is -2.17. The van der Waals surface area contributed by atoms with Crippen molar-refractivity contribution < 1.29 is 22.4 Å². The van der Waals surface area contributed by atoms with E-state index in [1.165, 1.54) is 18.3 Å². The highest BCUT2D eigenvalue weighted by atomic mass is 79.9. The van der Waals surface area contributed by atoms with Crippen molar-refractivity contribution in [2.75, 3.05) is 5.32 Å². The molecule has 0 bridgehead atoms. The fraction of sp³-hybridized carbons (Fsp3) is 0.294. The van der Waals surface area contributed by atoms with Gasteiger partial charge in [0, 0.05) is 10.5 Å². The van der Waals surface area contributed by atoms with E-state index in [-0.39, 0.29) is 28.1 Å². The second kappa shape index (κ2) is 7.08. The highest BCUT2D eigenvalue weighted by Crippen LogP contribution is 2.39. The predicted octanol–water partition coefficient (Wildman–Crippen LogP) is 4.95. The van der Waals surface area contributed by atoms with Gasteiger partial charge in [-0.3, -0.25) is 9.78 Å². The number of anilines is 2. The third-order valence-corrected chi connectivity index (χ3v) is 4.58. The Morgan fingerprint density at radius 1 is 1.30 bits per heavy atom. The first-order valence-electron chi connectivity index (χ1n) is 7.90. The number of benzene rings is 1. The van der Waals surface area contributed by atoms with Crippen molar-refractivity contribution in [1.29, 1.82) is 0 Å². The standard InChI is InChI=1S/C17H14BrF4N4O/c18-9-1-2-13(11(5-9)17(20,21)22)26-10-6-12(19)14(24-7-10)8-25-15(27)16(23)3-4-16/h1-2,5-7,23,26H,3-4,8H2,(H,25,27)/q-1. The van der Waals surface area contributed by atoms with Gasteiger partial charge in [-0.2, -0.15) is 13.2 Å². The summed E-state index contributed by atoms with van der Waals surface area (Å²) < 4.78 is 53.9. The van der Waals surface area contributed by atoms with Crippen molar-refractivity contribution in [3.8, 4) is 0 Å². The molecule has 0 unspecified atom stereocenters. The molecule has 0 aliphatic heterocycles. The summed E-state index contributed by atoms with van der Waals surface area (Å²) in [6.45, 7) is -0.197. The summed E-state index contributed by atoms with van der Waals surface area (Å²) in [7, 11) is 0. The zero-order valence-corrected chi connectivity index (χ0v) is 15.3. The van der Waals surface area contributed by atoms with Crippen molar-refractivity contribution in [3.63, 3.8) is 0 Å². The van der Waals surface area contributed by atoms with Gasteiger partial charge in [-0.1, -0.05) is 28.8 Å². The summed E-state index contributed by atoms with van der Waals surface area (Å²) in [6.07, 6.45) is -2.48. The maximum absolute atomic E-state index is 14.2. The van der Waals surface area contributed by atoms with E-state index in [0.717, 1.165) is 12.1 Å². The molecule has 5 nitrogen and oxygen atoms in total. The molecule has 1 aliphatic carbocycles. The number of amides is 1. The minimum Gasteiger partial charge on any atom is -0.664 e. The molecule has 0 spiro atoms. The topological polar surface area (TPSA) is 77.8 Å². The first-order valence-corrected chi connectivity index (χ1v) is 8.69. The Hall–Kier alpha value is -2.20. The average molecular weight is 446 g/mol. The largest absolute Gasteiger partial charge is 0.664 e. The molecule has 1 saturated carbocycles. The van der Waals surface area contributed by atoms with Gasteiger partial charge in [-0.05, 0) is 23.7 Å². The van der Waals surface area contributed by atoms with Crippen LogP contribution in [-0.4, -0.2) is 16.4 Å². The van der Waals surface area contributed by atoms with Crippen LogP contribution in [0.5, 0.6) is 0 Å². The Labute approximate surface area is 160 Å². The quantitative estimate of drug-likeness (QED) is 0.639. The van der Waals surface area contributed by atoms with E-state index in [4.69, 9.17) is 5.73 Å². The van der Waals surface area contributed by atoms with Gasteiger partial charge in [0.25, 0.3) is 0 Å². The Bertz CT molecular complexity index is 884. The van der Waals surface area contributed by atoms with Crippen LogP contribution in [0.4, 0.5) is 28.9 Å². The van der Waals surface area contributed by atoms with Crippen molar-refractivity contribution in [2.24, 2.45) is 0 Å². The van der Waals surface area contributed by atoms with Gasteiger partial charge >= 0.3 is 6.18 Å². The molecule has 3 rings (SSSR count). The summed E-state index contributed by atoms with van der Waals surface area (Å²) in [5.41, 5.74) is 5.38. The molecule has 10 heteroatoms. The molecule has 1 aromatic carbocycles. The highest BCUT2D eigenvalue weighted by molar-refractivity contribution is 9.10. The fourth-order valence-corrected chi connectivity index (χ4v) is 2.73. The first kappa shape index (κ1) is 19.6. The molecular weight excluding hydrogens is 432 g/mol. The summed E-state index contributed by atoms with van der Waals surface area (Å²) in [4.78, 5) is 15.6. The third-order valence-electron chi connectivity index (χ3n) is 4.08. The van der Waals surface area contributed by atoms with Gasteiger partial charge < -0.3 is 16.4 Å². The second-order valence-corrected chi connectivity index (χ2v) is 7.15. The predicted molar refractivity (Wildman–Crippen MR) is 94.8 cm³/mol. The molecule has 0 saturated heterocycles. The van der Waals surface area contributed by atoms with Gasteiger partial charge in [0.2, 0.25) is 5.91 Å². The van der Waals surface area contributed by atoms with Gasteiger partial charge in [-0.15, -0.1) is 0 Å². The van der Waals surface area contributed by atoms with Crippen LogP contribution < -0.4 is 10.6 Å². The average Bonchev–Trinajstić information content (AvgIpc) is 3.33. The molecule has 3 N–H and O–H groups in total. The summed E-state index contributed by atoms with van der Waals surface area (Å²) in [5.74, 6) is -1.27. The minimum absolute atomic E-state index is 0.0366. The molecule has 2 aromatic rings. The monoisotopic (exact) mass is 445 g/mol. The van der Waals surface area contributed by atoms with Crippen molar-refractivity contribution >= 4 is 33.2 Å². The summed E-state index contributed by atoms with van der Waals surface area (Å²) in [5, 5.41) is 4.96. The normalized spacial score (nSPS) is 15.3. The number of carbonyl (C=O) groups is 1. The number of aromatic nitrogens is 1. The van der Waals surface area contributed by atoms with Crippen LogP contribution in [0, 0.1) is 5.82 Å². The van der Waals surface area contributed by atoms with E-state index in [1.807, 2.05) is 0 Å². The number of nitrogens with one attached hydrogen (secondary N) is 3.